The first-order valence-corrected chi connectivity index (χ1v) is 9.56. The smallest absolute Gasteiger partial charge is 0.346 e. The summed E-state index contributed by atoms with van der Waals surface area (Å²) >= 11 is 4.37. The van der Waals surface area contributed by atoms with Crippen molar-refractivity contribution in [3.63, 3.8) is 0 Å². The van der Waals surface area contributed by atoms with E-state index in [2.05, 4.69) is 22.6 Å². The molecule has 0 amide bonds. The summed E-state index contributed by atoms with van der Waals surface area (Å²) < 4.78 is 7.53. The van der Waals surface area contributed by atoms with Crippen molar-refractivity contribution in [1.29, 1.82) is 0 Å². The van der Waals surface area contributed by atoms with E-state index in [9.17, 15) is 30.0 Å². The minimum Gasteiger partial charge on any atom is -0.478 e. The first kappa shape index (κ1) is 22.5. The number of carboxylic acid groups (broad SMARTS) is 1. The molecule has 0 aromatic carbocycles. The molecule has 13 nitrogen and oxygen atoms in total. The first-order chi connectivity index (χ1) is 14.0. The van der Waals surface area contributed by atoms with Crippen LogP contribution in [-0.4, -0.2) is 75.7 Å². The molecule has 2 aromatic heterocycles. The predicted octanol–water partition coefficient (Wildman–Crippen LogP) is -2.56. The minimum absolute atomic E-state index is 0.188. The third-order valence-corrected chi connectivity index (χ3v) is 6.20. The minimum atomic E-state index is -2.27. The van der Waals surface area contributed by atoms with Crippen LogP contribution >= 0.6 is 12.6 Å². The Hall–Kier alpha value is -2.23. The normalized spacial score (nSPS) is 27.5. The van der Waals surface area contributed by atoms with Gasteiger partial charge in [0.1, 0.15) is 18.3 Å². The molecule has 6 atom stereocenters. The van der Waals surface area contributed by atoms with E-state index in [-0.39, 0.29) is 17.1 Å². The van der Waals surface area contributed by atoms with Crippen LogP contribution < -0.4 is 17.0 Å². The number of ether oxygens (including phenoxy) is 1. The van der Waals surface area contributed by atoms with Gasteiger partial charge in [-0.3, -0.25) is 19.7 Å². The number of nitrogen functional groups attached to an aromatic ring is 1. The fraction of sp³-hybridized carbons (Fsp3) is 0.625. The average Bonchev–Trinajstić information content (AvgIpc) is 3.22. The molecule has 0 spiro atoms. The molecule has 6 unspecified atom stereocenters. The molecule has 2 aromatic rings. The standard InChI is InChI=1S/C16H24N6O7S/c1-5(2)10(30)16(18,14(27)28)22-12-7(11(26)20-15(22)17)19-4-21(12)13-9(25)8(24)6(3-23)29-13/h4-6,8-10,13,23-25,30H,3,18H2,1-2H3,(H,27,28)(H2,17,20,26). The predicted molar refractivity (Wildman–Crippen MR) is 107 cm³/mol. The summed E-state index contributed by atoms with van der Waals surface area (Å²) in [5.41, 5.74) is 8.65. The van der Waals surface area contributed by atoms with Crippen LogP contribution in [0.4, 0.5) is 5.95 Å². The molecule has 1 aliphatic heterocycles. The second kappa shape index (κ2) is 7.79. The molecule has 0 aliphatic carbocycles. The van der Waals surface area contributed by atoms with Crippen LogP contribution in [0.1, 0.15) is 20.1 Å². The zero-order chi connectivity index (χ0) is 22.5. The number of carboxylic acids is 1. The summed E-state index contributed by atoms with van der Waals surface area (Å²) in [5, 5.41) is 38.8. The van der Waals surface area contributed by atoms with Crippen molar-refractivity contribution in [2.24, 2.45) is 11.7 Å². The van der Waals surface area contributed by atoms with Crippen LogP contribution in [0.25, 0.3) is 11.2 Å². The monoisotopic (exact) mass is 444 g/mol. The van der Waals surface area contributed by atoms with Gasteiger partial charge in [0.05, 0.1) is 18.2 Å². The molecule has 3 rings (SSSR count). The van der Waals surface area contributed by atoms with Gasteiger partial charge in [0.25, 0.3) is 0 Å². The number of nitrogens with zero attached hydrogens (tertiary/aromatic N) is 4. The molecule has 8 N–H and O–H groups in total. The lowest BCUT2D eigenvalue weighted by atomic mass is 9.96. The maximum atomic E-state index is 12.4. The lowest BCUT2D eigenvalue weighted by Gasteiger charge is -2.36. The highest BCUT2D eigenvalue weighted by Crippen LogP contribution is 2.35. The summed E-state index contributed by atoms with van der Waals surface area (Å²) in [6.45, 7) is 2.82. The van der Waals surface area contributed by atoms with Crippen molar-refractivity contribution in [3.05, 3.63) is 16.7 Å². The van der Waals surface area contributed by atoms with Crippen molar-refractivity contribution >= 4 is 35.7 Å². The number of rotatable bonds is 6. The van der Waals surface area contributed by atoms with E-state index in [1.54, 1.807) is 13.8 Å². The number of anilines is 1. The zero-order valence-corrected chi connectivity index (χ0v) is 17.0. The van der Waals surface area contributed by atoms with Gasteiger partial charge in [-0.25, -0.2) is 9.78 Å². The van der Waals surface area contributed by atoms with Crippen molar-refractivity contribution in [2.45, 2.75) is 49.3 Å². The van der Waals surface area contributed by atoms with Gasteiger partial charge in [-0.1, -0.05) is 13.8 Å². The molecular formula is C16H24N6O7S. The summed E-state index contributed by atoms with van der Waals surface area (Å²) in [4.78, 5) is 32.2. The van der Waals surface area contributed by atoms with Crippen molar-refractivity contribution in [3.8, 4) is 0 Å². The molecule has 30 heavy (non-hydrogen) atoms. The summed E-state index contributed by atoms with van der Waals surface area (Å²) in [6, 6.07) is 0. The van der Waals surface area contributed by atoms with Crippen LogP contribution in [0.5, 0.6) is 0 Å². The second-order valence-corrected chi connectivity index (χ2v) is 8.04. The van der Waals surface area contributed by atoms with Gasteiger partial charge in [-0.15, -0.1) is 0 Å². The van der Waals surface area contributed by atoms with Crippen LogP contribution in [0, 0.1) is 5.92 Å². The summed E-state index contributed by atoms with van der Waals surface area (Å²) in [5.74, 6) is -2.34. The van der Waals surface area contributed by atoms with Gasteiger partial charge in [0.2, 0.25) is 11.6 Å². The highest BCUT2D eigenvalue weighted by atomic mass is 32.1. The Labute approximate surface area is 175 Å². The summed E-state index contributed by atoms with van der Waals surface area (Å²) in [7, 11) is 0. The number of carbonyl (C=O) groups is 1. The van der Waals surface area contributed by atoms with Gasteiger partial charge in [-0.2, -0.15) is 17.6 Å². The topological polar surface area (TPSA) is 212 Å². The first-order valence-electron chi connectivity index (χ1n) is 9.05. The number of aliphatic carboxylic acids is 1. The van der Waals surface area contributed by atoms with Crippen molar-refractivity contribution in [2.75, 3.05) is 12.3 Å². The Bertz CT molecular complexity index is 1030. The van der Waals surface area contributed by atoms with E-state index < -0.39 is 59.5 Å². The quantitative estimate of drug-likeness (QED) is 0.230. The zero-order valence-electron chi connectivity index (χ0n) is 16.2. The maximum absolute atomic E-state index is 12.4. The highest BCUT2D eigenvalue weighted by molar-refractivity contribution is 7.81. The van der Waals surface area contributed by atoms with Crippen LogP contribution in [-0.2, 0) is 15.2 Å². The van der Waals surface area contributed by atoms with Crippen LogP contribution in [0.15, 0.2) is 11.1 Å². The molecule has 1 aliphatic rings. The Kier molecular flexibility index (Phi) is 5.83. The molecule has 1 saturated heterocycles. The third kappa shape index (κ3) is 3.16. The number of imidazole rings is 1. The highest BCUT2D eigenvalue weighted by Gasteiger charge is 2.49. The molecule has 166 valence electrons. The van der Waals surface area contributed by atoms with Crippen LogP contribution in [0.3, 0.4) is 0 Å². The van der Waals surface area contributed by atoms with Crippen LogP contribution in [0.2, 0.25) is 0 Å². The molecule has 0 radical (unpaired) electrons. The Balaban J connectivity index is 2.35. The van der Waals surface area contributed by atoms with E-state index in [1.807, 2.05) is 0 Å². The van der Waals surface area contributed by atoms with Gasteiger partial charge >= 0.3 is 11.5 Å². The number of hydrogen-bond donors (Lipinski definition) is 7. The lowest BCUT2D eigenvalue weighted by Crippen LogP contribution is -2.59. The number of fused-ring (bicyclic) bond motifs is 1. The number of aromatic nitrogens is 4. The largest absolute Gasteiger partial charge is 0.478 e. The fourth-order valence-electron chi connectivity index (χ4n) is 3.57. The molecule has 3 heterocycles. The molecular weight excluding hydrogens is 420 g/mol. The van der Waals surface area contributed by atoms with E-state index >= 15 is 0 Å². The fourth-order valence-corrected chi connectivity index (χ4v) is 3.79. The SMILES string of the molecule is CC(C)C(S)C(N)(C(=O)O)n1c(N)nc(=O)c2ncn(C3OC(CO)C(O)C3O)c21. The van der Waals surface area contributed by atoms with Gasteiger partial charge in [0.15, 0.2) is 17.4 Å². The van der Waals surface area contributed by atoms with Crippen molar-refractivity contribution < 1.29 is 30.0 Å². The average molecular weight is 444 g/mol. The lowest BCUT2D eigenvalue weighted by molar-refractivity contribution is -0.147. The van der Waals surface area contributed by atoms with E-state index in [0.29, 0.717) is 0 Å². The second-order valence-electron chi connectivity index (χ2n) is 7.48. The number of hydrogen-bond acceptors (Lipinski definition) is 11. The van der Waals surface area contributed by atoms with Gasteiger partial charge < -0.3 is 30.9 Å². The maximum Gasteiger partial charge on any atom is 0.346 e. The molecule has 1 fully saturated rings. The van der Waals surface area contributed by atoms with E-state index in [4.69, 9.17) is 16.2 Å². The Morgan fingerprint density at radius 2 is 2.03 bits per heavy atom. The van der Waals surface area contributed by atoms with E-state index in [0.717, 1.165) is 15.5 Å². The van der Waals surface area contributed by atoms with E-state index in [1.165, 1.54) is 0 Å². The Morgan fingerprint density at radius 3 is 2.53 bits per heavy atom. The molecule has 0 saturated carbocycles. The Morgan fingerprint density at radius 1 is 1.40 bits per heavy atom. The number of nitrogens with two attached hydrogens (primary N) is 2. The molecule has 14 heteroatoms. The van der Waals surface area contributed by atoms with Gasteiger partial charge in [0, 0.05) is 0 Å². The van der Waals surface area contributed by atoms with Crippen molar-refractivity contribution in [1.82, 2.24) is 19.1 Å². The number of aliphatic hydroxyl groups excluding tert-OH is 3. The molecule has 0 bridgehead atoms. The van der Waals surface area contributed by atoms with Gasteiger partial charge in [-0.05, 0) is 5.92 Å². The number of thiol groups is 1. The number of aliphatic hydroxyl groups is 3. The third-order valence-electron chi connectivity index (χ3n) is 5.21. The summed E-state index contributed by atoms with van der Waals surface area (Å²) in [6.07, 6.45) is -4.28.